The molecule has 1 N–H and O–H groups in total. The Morgan fingerprint density at radius 1 is 1.45 bits per heavy atom. The number of non-ortho nitro benzene ring substituents is 1. The van der Waals surface area contributed by atoms with Crippen LogP contribution in [0, 0.1) is 16.0 Å². The molecule has 0 aliphatic carbocycles. The molecule has 1 aliphatic heterocycles. The second-order valence-corrected chi connectivity index (χ2v) is 5.44. The number of halogens is 3. The maximum absolute atomic E-state index is 13.0. The van der Waals surface area contributed by atoms with Crippen LogP contribution < -0.4 is 5.32 Å². The Morgan fingerprint density at radius 3 is 2.77 bits per heavy atom. The molecule has 0 saturated carbocycles. The second kappa shape index (κ2) is 6.51. The third kappa shape index (κ3) is 4.09. The van der Waals surface area contributed by atoms with Gasteiger partial charge < -0.3 is 10.1 Å². The van der Waals surface area contributed by atoms with E-state index in [0.29, 0.717) is 19.2 Å². The number of nitro groups is 1. The Kier molecular flexibility index (Phi) is 4.90. The minimum absolute atomic E-state index is 0.0968. The van der Waals surface area contributed by atoms with Crippen LogP contribution >= 0.6 is 0 Å². The molecule has 0 amide bonds. The molecule has 5 nitrogen and oxygen atoms in total. The van der Waals surface area contributed by atoms with E-state index in [1.54, 1.807) is 0 Å². The highest BCUT2D eigenvalue weighted by molar-refractivity contribution is 5.57. The number of hydrogen-bond donors (Lipinski definition) is 1. The highest BCUT2D eigenvalue weighted by Crippen LogP contribution is 2.37. The highest BCUT2D eigenvalue weighted by Gasteiger charge is 2.35. The fourth-order valence-electron chi connectivity index (χ4n) is 2.57. The number of nitrogens with one attached hydrogen (secondary N) is 1. The average molecular weight is 318 g/mol. The van der Waals surface area contributed by atoms with Crippen LogP contribution in [0.2, 0.25) is 0 Å². The molecular weight excluding hydrogens is 301 g/mol. The van der Waals surface area contributed by atoms with E-state index in [2.05, 4.69) is 5.32 Å². The Morgan fingerprint density at radius 2 is 2.18 bits per heavy atom. The Bertz CT molecular complexity index is 549. The normalized spacial score (nSPS) is 22.4. The molecule has 122 valence electrons. The summed E-state index contributed by atoms with van der Waals surface area (Å²) in [5.74, 6) is 0.222. The number of nitro benzene ring substituents is 1. The second-order valence-electron chi connectivity index (χ2n) is 5.44. The minimum atomic E-state index is -4.64. The fourth-order valence-corrected chi connectivity index (χ4v) is 2.57. The van der Waals surface area contributed by atoms with Crippen molar-refractivity contribution in [1.29, 1.82) is 0 Å². The third-order valence-electron chi connectivity index (χ3n) is 3.69. The zero-order chi connectivity index (χ0) is 16.3. The Labute approximate surface area is 125 Å². The van der Waals surface area contributed by atoms with Crippen molar-refractivity contribution in [3.8, 4) is 0 Å². The molecule has 0 radical (unpaired) electrons. The van der Waals surface area contributed by atoms with Gasteiger partial charge in [0.1, 0.15) is 0 Å². The van der Waals surface area contributed by atoms with Crippen LogP contribution in [0.25, 0.3) is 0 Å². The van der Waals surface area contributed by atoms with Gasteiger partial charge in [-0.2, -0.15) is 13.2 Å². The van der Waals surface area contributed by atoms with E-state index in [1.165, 1.54) is 0 Å². The van der Waals surface area contributed by atoms with E-state index in [4.69, 9.17) is 4.74 Å². The lowest BCUT2D eigenvalue weighted by Gasteiger charge is -2.28. The molecule has 1 aliphatic rings. The molecule has 0 bridgehead atoms. The van der Waals surface area contributed by atoms with Crippen molar-refractivity contribution in [3.63, 3.8) is 0 Å². The highest BCUT2D eigenvalue weighted by atomic mass is 19.4. The quantitative estimate of drug-likeness (QED) is 0.676. The molecule has 0 spiro atoms. The molecule has 2 rings (SSSR count). The predicted molar refractivity (Wildman–Crippen MR) is 74.7 cm³/mol. The number of rotatable bonds is 4. The van der Waals surface area contributed by atoms with Crippen LogP contribution in [0.3, 0.4) is 0 Å². The zero-order valence-corrected chi connectivity index (χ0v) is 12.0. The van der Waals surface area contributed by atoms with Gasteiger partial charge in [0.2, 0.25) is 0 Å². The largest absolute Gasteiger partial charge is 0.418 e. The Balaban J connectivity index is 2.14. The molecule has 1 aromatic carbocycles. The van der Waals surface area contributed by atoms with Crippen LogP contribution in [0.5, 0.6) is 0 Å². The summed E-state index contributed by atoms with van der Waals surface area (Å²) in [6.45, 7) is 2.91. The molecule has 2 atom stereocenters. The maximum atomic E-state index is 13.0. The molecule has 1 heterocycles. The lowest BCUT2D eigenvalue weighted by Crippen LogP contribution is -2.28. The topological polar surface area (TPSA) is 64.4 Å². The summed E-state index contributed by atoms with van der Waals surface area (Å²) in [5, 5.41) is 13.4. The summed E-state index contributed by atoms with van der Waals surface area (Å²) in [5.41, 5.74) is -1.71. The van der Waals surface area contributed by atoms with E-state index in [-0.39, 0.29) is 17.7 Å². The first kappa shape index (κ1) is 16.5. The van der Waals surface area contributed by atoms with Gasteiger partial charge in [-0.1, -0.05) is 0 Å². The number of ether oxygens (including phenoxy) is 1. The first-order valence-electron chi connectivity index (χ1n) is 6.98. The van der Waals surface area contributed by atoms with E-state index >= 15 is 0 Å². The van der Waals surface area contributed by atoms with Gasteiger partial charge in [-0.15, -0.1) is 0 Å². The molecule has 8 heteroatoms. The standard InChI is InChI=1S/C14H17F3N2O3/c1-9-6-10(4-5-22-9)8-18-13-3-2-11(19(20)21)7-12(13)14(15,16)17/h2-3,7,9-10,18H,4-6,8H2,1H3. The summed E-state index contributed by atoms with van der Waals surface area (Å²) in [6.07, 6.45) is -2.98. The molecule has 0 aromatic heterocycles. The van der Waals surface area contributed by atoms with Crippen molar-refractivity contribution in [1.82, 2.24) is 0 Å². The van der Waals surface area contributed by atoms with Crippen molar-refractivity contribution in [2.75, 3.05) is 18.5 Å². The summed E-state index contributed by atoms with van der Waals surface area (Å²) in [7, 11) is 0. The first-order chi connectivity index (χ1) is 10.3. The van der Waals surface area contributed by atoms with E-state index < -0.39 is 22.4 Å². The van der Waals surface area contributed by atoms with Crippen molar-refractivity contribution >= 4 is 11.4 Å². The SMILES string of the molecule is CC1CC(CNc2ccc([N+](=O)[O-])cc2C(F)(F)F)CCO1. The monoisotopic (exact) mass is 318 g/mol. The van der Waals surface area contributed by atoms with Crippen LogP contribution in [0.15, 0.2) is 18.2 Å². The molecule has 2 unspecified atom stereocenters. The van der Waals surface area contributed by atoms with Gasteiger partial charge in [0.15, 0.2) is 0 Å². The molecule has 22 heavy (non-hydrogen) atoms. The number of nitrogens with zero attached hydrogens (tertiary/aromatic N) is 1. The van der Waals surface area contributed by atoms with Crippen molar-refractivity contribution in [3.05, 3.63) is 33.9 Å². The van der Waals surface area contributed by atoms with Crippen molar-refractivity contribution < 1.29 is 22.8 Å². The lowest BCUT2D eigenvalue weighted by molar-refractivity contribution is -0.385. The molecule has 1 fully saturated rings. The number of benzene rings is 1. The van der Waals surface area contributed by atoms with Gasteiger partial charge in [-0.05, 0) is 31.7 Å². The van der Waals surface area contributed by atoms with E-state index in [1.807, 2.05) is 6.92 Å². The first-order valence-corrected chi connectivity index (χ1v) is 6.98. The van der Waals surface area contributed by atoms with Gasteiger partial charge >= 0.3 is 6.18 Å². The summed E-state index contributed by atoms with van der Waals surface area (Å²) in [6, 6.07) is 2.75. The van der Waals surface area contributed by atoms with Crippen LogP contribution in [0.1, 0.15) is 25.3 Å². The number of anilines is 1. The number of alkyl halides is 3. The van der Waals surface area contributed by atoms with Crippen molar-refractivity contribution in [2.45, 2.75) is 32.0 Å². The van der Waals surface area contributed by atoms with Crippen molar-refractivity contribution in [2.24, 2.45) is 5.92 Å². The number of hydrogen-bond acceptors (Lipinski definition) is 4. The summed E-state index contributed by atoms with van der Waals surface area (Å²) >= 11 is 0. The van der Waals surface area contributed by atoms with Crippen LogP contribution in [-0.4, -0.2) is 24.2 Å². The lowest BCUT2D eigenvalue weighted by atomic mass is 9.96. The zero-order valence-electron chi connectivity index (χ0n) is 12.0. The molecular formula is C14H17F3N2O3. The minimum Gasteiger partial charge on any atom is -0.384 e. The van der Waals surface area contributed by atoms with E-state index in [9.17, 15) is 23.3 Å². The van der Waals surface area contributed by atoms with Gasteiger partial charge in [-0.3, -0.25) is 10.1 Å². The Hall–Kier alpha value is -1.83. The van der Waals surface area contributed by atoms with Gasteiger partial charge in [0, 0.05) is 31.0 Å². The summed E-state index contributed by atoms with van der Waals surface area (Å²) < 4.78 is 44.5. The van der Waals surface area contributed by atoms with Gasteiger partial charge in [-0.25, -0.2) is 0 Å². The van der Waals surface area contributed by atoms with Crippen LogP contribution in [0.4, 0.5) is 24.5 Å². The predicted octanol–water partition coefficient (Wildman–Crippen LogP) is 3.84. The van der Waals surface area contributed by atoms with Crippen LogP contribution in [-0.2, 0) is 10.9 Å². The van der Waals surface area contributed by atoms with E-state index in [0.717, 1.165) is 25.0 Å². The summed E-state index contributed by atoms with van der Waals surface area (Å²) in [4.78, 5) is 9.80. The molecule has 1 saturated heterocycles. The fraction of sp³-hybridized carbons (Fsp3) is 0.571. The third-order valence-corrected chi connectivity index (χ3v) is 3.69. The van der Waals surface area contributed by atoms with Gasteiger partial charge in [0.05, 0.1) is 16.6 Å². The smallest absolute Gasteiger partial charge is 0.384 e. The molecule has 1 aromatic rings. The van der Waals surface area contributed by atoms with Gasteiger partial charge in [0.25, 0.3) is 5.69 Å². The maximum Gasteiger partial charge on any atom is 0.418 e. The average Bonchev–Trinajstić information content (AvgIpc) is 2.44.